The van der Waals surface area contributed by atoms with Crippen LogP contribution >= 0.6 is 23.2 Å². The SMILES string of the molecule is N[C@@H]1CCN(C(=O)C2CCCN(C(=O)c3ccc(Cl)c(Cl)c3)C2)C1. The average Bonchev–Trinajstić information content (AvgIpc) is 3.02. The standard InChI is InChI=1S/C17H21Cl2N3O2/c18-14-4-3-11(8-15(14)19)16(23)21-6-1-2-12(9-21)17(24)22-7-5-13(20)10-22/h3-4,8,12-13H,1-2,5-7,9-10,20H2/t12?,13-/m1/s1. The Bertz CT molecular complexity index is 653. The summed E-state index contributed by atoms with van der Waals surface area (Å²) in [4.78, 5) is 28.9. The largest absolute Gasteiger partial charge is 0.341 e. The number of piperidine rings is 1. The molecule has 5 nitrogen and oxygen atoms in total. The fraction of sp³-hybridized carbons (Fsp3) is 0.529. The lowest BCUT2D eigenvalue weighted by Crippen LogP contribution is -2.46. The highest BCUT2D eigenvalue weighted by atomic mass is 35.5. The fourth-order valence-corrected chi connectivity index (χ4v) is 3.72. The van der Waals surface area contributed by atoms with Crippen LogP contribution in [0.4, 0.5) is 0 Å². The maximum atomic E-state index is 12.7. The maximum Gasteiger partial charge on any atom is 0.253 e. The molecule has 0 aliphatic carbocycles. The van der Waals surface area contributed by atoms with E-state index in [0.717, 1.165) is 25.8 Å². The summed E-state index contributed by atoms with van der Waals surface area (Å²) < 4.78 is 0. The third kappa shape index (κ3) is 3.68. The van der Waals surface area contributed by atoms with Crippen LogP contribution in [0.5, 0.6) is 0 Å². The van der Waals surface area contributed by atoms with Gasteiger partial charge in [-0.25, -0.2) is 0 Å². The summed E-state index contributed by atoms with van der Waals surface area (Å²) in [6, 6.07) is 4.94. The van der Waals surface area contributed by atoms with E-state index in [2.05, 4.69) is 0 Å². The molecule has 2 N–H and O–H groups in total. The molecule has 0 radical (unpaired) electrons. The number of hydrogen-bond donors (Lipinski definition) is 1. The van der Waals surface area contributed by atoms with E-state index in [0.29, 0.717) is 35.2 Å². The van der Waals surface area contributed by atoms with E-state index in [1.54, 1.807) is 23.1 Å². The topological polar surface area (TPSA) is 66.6 Å². The summed E-state index contributed by atoms with van der Waals surface area (Å²) in [6.07, 6.45) is 2.49. The Labute approximate surface area is 151 Å². The molecule has 1 unspecified atom stereocenters. The Hall–Kier alpha value is -1.30. The summed E-state index contributed by atoms with van der Waals surface area (Å²) in [5.41, 5.74) is 6.39. The van der Waals surface area contributed by atoms with Crippen LogP contribution in [-0.2, 0) is 4.79 Å². The number of likely N-dealkylation sites (tertiary alicyclic amines) is 2. The van der Waals surface area contributed by atoms with E-state index in [1.165, 1.54) is 0 Å². The van der Waals surface area contributed by atoms with Crippen molar-refractivity contribution in [3.05, 3.63) is 33.8 Å². The first-order valence-electron chi connectivity index (χ1n) is 8.24. The number of rotatable bonds is 2. The molecule has 2 saturated heterocycles. The summed E-state index contributed by atoms with van der Waals surface area (Å²) in [7, 11) is 0. The van der Waals surface area contributed by atoms with E-state index < -0.39 is 0 Å². The smallest absolute Gasteiger partial charge is 0.253 e. The van der Waals surface area contributed by atoms with Crippen molar-refractivity contribution < 1.29 is 9.59 Å². The molecule has 2 amide bonds. The first-order valence-corrected chi connectivity index (χ1v) is 9.00. The summed E-state index contributed by atoms with van der Waals surface area (Å²) >= 11 is 11.9. The molecule has 2 aliphatic heterocycles. The lowest BCUT2D eigenvalue weighted by molar-refractivity contribution is -0.135. The molecular formula is C17H21Cl2N3O2. The van der Waals surface area contributed by atoms with Crippen LogP contribution < -0.4 is 5.73 Å². The molecule has 2 aliphatic rings. The van der Waals surface area contributed by atoms with E-state index in [9.17, 15) is 9.59 Å². The summed E-state index contributed by atoms with van der Waals surface area (Å²) in [6.45, 7) is 2.44. The van der Waals surface area contributed by atoms with Crippen molar-refractivity contribution in [1.29, 1.82) is 0 Å². The molecule has 0 saturated carbocycles. The summed E-state index contributed by atoms with van der Waals surface area (Å²) in [5, 5.41) is 0.781. The van der Waals surface area contributed by atoms with Gasteiger partial charge in [0.05, 0.1) is 16.0 Å². The Balaban J connectivity index is 1.67. The average molecular weight is 370 g/mol. The third-order valence-electron chi connectivity index (χ3n) is 4.76. The van der Waals surface area contributed by atoms with Gasteiger partial charge in [-0.05, 0) is 37.5 Å². The maximum absolute atomic E-state index is 12.7. The van der Waals surface area contributed by atoms with Gasteiger partial charge < -0.3 is 15.5 Å². The molecule has 1 aromatic carbocycles. The Morgan fingerprint density at radius 1 is 1.04 bits per heavy atom. The van der Waals surface area contributed by atoms with Crippen LogP contribution in [0.1, 0.15) is 29.6 Å². The second-order valence-corrected chi connectivity index (χ2v) is 7.37. The zero-order chi connectivity index (χ0) is 17.3. The lowest BCUT2D eigenvalue weighted by atomic mass is 9.96. The second kappa shape index (κ2) is 7.30. The first kappa shape index (κ1) is 17.5. The molecule has 0 aromatic heterocycles. The molecule has 1 aromatic rings. The lowest BCUT2D eigenvalue weighted by Gasteiger charge is -2.34. The highest BCUT2D eigenvalue weighted by Crippen LogP contribution is 2.26. The highest BCUT2D eigenvalue weighted by Gasteiger charge is 2.34. The number of nitrogens with two attached hydrogens (primary N) is 1. The number of hydrogen-bond acceptors (Lipinski definition) is 3. The number of nitrogens with zero attached hydrogens (tertiary/aromatic N) is 2. The van der Waals surface area contributed by atoms with Gasteiger partial charge in [0.2, 0.25) is 5.91 Å². The Kier molecular flexibility index (Phi) is 5.33. The van der Waals surface area contributed by atoms with Crippen molar-refractivity contribution in [2.45, 2.75) is 25.3 Å². The minimum Gasteiger partial charge on any atom is -0.341 e. The van der Waals surface area contributed by atoms with Gasteiger partial charge in [-0.15, -0.1) is 0 Å². The Morgan fingerprint density at radius 2 is 1.83 bits per heavy atom. The molecule has 2 atom stereocenters. The van der Waals surface area contributed by atoms with Gasteiger partial charge in [0.1, 0.15) is 0 Å². The normalized spacial score (nSPS) is 24.3. The minimum absolute atomic E-state index is 0.0754. The van der Waals surface area contributed by atoms with Crippen molar-refractivity contribution in [2.75, 3.05) is 26.2 Å². The summed E-state index contributed by atoms with van der Waals surface area (Å²) in [5.74, 6) is -0.130. The first-order chi connectivity index (χ1) is 11.5. The quantitative estimate of drug-likeness (QED) is 0.870. The van der Waals surface area contributed by atoms with Crippen LogP contribution in [0.2, 0.25) is 10.0 Å². The van der Waals surface area contributed by atoms with E-state index in [1.807, 2.05) is 4.90 Å². The van der Waals surface area contributed by atoms with Gasteiger partial charge in [-0.1, -0.05) is 23.2 Å². The monoisotopic (exact) mass is 369 g/mol. The van der Waals surface area contributed by atoms with Crippen LogP contribution in [0.15, 0.2) is 18.2 Å². The van der Waals surface area contributed by atoms with Gasteiger partial charge in [-0.3, -0.25) is 9.59 Å². The second-order valence-electron chi connectivity index (χ2n) is 6.55. The number of halogens is 2. The fourth-order valence-electron chi connectivity index (χ4n) is 3.42. The van der Waals surface area contributed by atoms with Crippen LogP contribution in [0, 0.1) is 5.92 Å². The predicted molar refractivity (Wildman–Crippen MR) is 94.3 cm³/mol. The molecule has 2 fully saturated rings. The van der Waals surface area contributed by atoms with Gasteiger partial charge in [-0.2, -0.15) is 0 Å². The molecule has 2 heterocycles. The van der Waals surface area contributed by atoms with Crippen LogP contribution in [-0.4, -0.2) is 53.8 Å². The van der Waals surface area contributed by atoms with Gasteiger partial charge >= 0.3 is 0 Å². The van der Waals surface area contributed by atoms with E-state index in [-0.39, 0.29) is 23.8 Å². The van der Waals surface area contributed by atoms with Crippen LogP contribution in [0.3, 0.4) is 0 Å². The van der Waals surface area contributed by atoms with Gasteiger partial charge in [0, 0.05) is 37.8 Å². The molecule has 0 spiro atoms. The number of amides is 2. The number of benzene rings is 1. The molecule has 130 valence electrons. The zero-order valence-corrected chi connectivity index (χ0v) is 14.9. The third-order valence-corrected chi connectivity index (χ3v) is 5.50. The molecule has 3 rings (SSSR count). The van der Waals surface area contributed by atoms with E-state index in [4.69, 9.17) is 28.9 Å². The number of carbonyl (C=O) groups excluding carboxylic acids is 2. The van der Waals surface area contributed by atoms with Crippen molar-refractivity contribution in [3.63, 3.8) is 0 Å². The van der Waals surface area contributed by atoms with Crippen molar-refractivity contribution in [2.24, 2.45) is 11.7 Å². The van der Waals surface area contributed by atoms with Crippen molar-refractivity contribution in [3.8, 4) is 0 Å². The van der Waals surface area contributed by atoms with E-state index >= 15 is 0 Å². The number of carbonyl (C=O) groups is 2. The zero-order valence-electron chi connectivity index (χ0n) is 13.4. The van der Waals surface area contributed by atoms with Gasteiger partial charge in [0.25, 0.3) is 5.91 Å². The Morgan fingerprint density at radius 3 is 2.50 bits per heavy atom. The van der Waals surface area contributed by atoms with Crippen molar-refractivity contribution >= 4 is 35.0 Å². The minimum atomic E-state index is -0.143. The molecule has 0 bridgehead atoms. The van der Waals surface area contributed by atoms with Gasteiger partial charge in [0.15, 0.2) is 0 Å². The molecule has 24 heavy (non-hydrogen) atoms. The molecular weight excluding hydrogens is 349 g/mol. The van der Waals surface area contributed by atoms with Crippen LogP contribution in [0.25, 0.3) is 0 Å². The highest BCUT2D eigenvalue weighted by molar-refractivity contribution is 6.42. The molecule has 7 heteroatoms. The van der Waals surface area contributed by atoms with Crippen molar-refractivity contribution in [1.82, 2.24) is 9.80 Å². The predicted octanol–water partition coefficient (Wildman–Crippen LogP) is 2.41.